The summed E-state index contributed by atoms with van der Waals surface area (Å²) in [6, 6.07) is 5.66. The number of aliphatic hydroxyl groups is 1. The topological polar surface area (TPSA) is 366 Å². The zero-order valence-corrected chi connectivity index (χ0v) is 53.1. The van der Waals surface area contributed by atoms with E-state index in [0.29, 0.717) is 35.5 Å². The number of hydrogen-bond donors (Lipinski definition) is 8. The number of anilines is 2. The molecular formula is C61H86ClN9O18. The third-order valence-electron chi connectivity index (χ3n) is 16.0. The smallest absolute Gasteiger partial charge is 0.409 e. The normalized spacial score (nSPS) is 23.6. The molecule has 89 heavy (non-hydrogen) atoms. The lowest BCUT2D eigenvalue weighted by atomic mass is 9.83. The Kier molecular flexibility index (Phi) is 26.2. The van der Waals surface area contributed by atoms with Crippen LogP contribution in [0.1, 0.15) is 110 Å². The molecule has 10 atom stereocenters. The minimum absolute atomic E-state index is 0.00382. The number of primary amides is 1. The van der Waals surface area contributed by atoms with E-state index in [9.17, 15) is 53.1 Å². The first-order valence-electron chi connectivity index (χ1n) is 29.4. The van der Waals surface area contributed by atoms with Crippen LogP contribution in [-0.2, 0) is 70.3 Å². The predicted octanol–water partition coefficient (Wildman–Crippen LogP) is 4.83. The van der Waals surface area contributed by atoms with Crippen molar-refractivity contribution in [1.82, 2.24) is 31.1 Å². The van der Waals surface area contributed by atoms with E-state index in [1.807, 2.05) is 13.0 Å². The standard InChI is InChI=1S/C61H86ClN9O18/c1-34(2)52(67-47(72)19-12-13-20-50(75)76)55(78)66-41(17-15-26-64-57(63)80)54(77)65-40-23-21-38(22-24-40)33-86-59(82)69(7)27-25-48(73)70(8)37(5)56(79)88-46-31-49(74)71(9)42-29-39(30-43(84-10)51(42)62)28-35(3)16-14-18-45(85-11)61(83)32-44(87-58(81)68-61)36(4)53-60(46,6)89-53/h14,16,18,21-24,29-30,34,36-37,41,44-46,52-53,83H,12-13,15,17,19-20,25-28,31-33H2,1-11H3,(H,65,77)(H,66,78)(H,67,72)(H,68,81)(H,75,76)(H3,63,64,80)/b18-14+,35-16+/t36-,37+,41+,44+,45-,46+,52+,53+,60+,61+/m1/s1. The van der Waals surface area contributed by atoms with E-state index in [1.165, 1.54) is 52.1 Å². The number of ether oxygens (including phenoxy) is 6. The number of halogens is 1. The lowest BCUT2D eigenvalue weighted by Crippen LogP contribution is -2.63. The van der Waals surface area contributed by atoms with E-state index in [4.69, 9.17) is 50.9 Å². The number of epoxide rings is 1. The summed E-state index contributed by atoms with van der Waals surface area (Å²) in [7, 11) is 7.18. The molecule has 3 aliphatic heterocycles. The Morgan fingerprint density at radius 1 is 0.966 bits per heavy atom. The Morgan fingerprint density at radius 2 is 1.65 bits per heavy atom. The fourth-order valence-corrected chi connectivity index (χ4v) is 10.6. The lowest BCUT2D eigenvalue weighted by Gasteiger charge is -2.42. The Bertz CT molecular complexity index is 2960. The second-order valence-corrected chi connectivity index (χ2v) is 23.6. The molecule has 3 aliphatic rings. The summed E-state index contributed by atoms with van der Waals surface area (Å²) in [6.45, 7) is 9.95. The van der Waals surface area contributed by atoms with Gasteiger partial charge in [0.25, 0.3) is 0 Å². The Balaban J connectivity index is 1.21. The second kappa shape index (κ2) is 32.5. The number of urea groups is 1. The van der Waals surface area contributed by atoms with E-state index in [2.05, 4.69) is 26.6 Å². The first-order chi connectivity index (χ1) is 41.9. The number of nitrogens with zero attached hydrogens (tertiary/aromatic N) is 3. The number of methoxy groups -OCH3 is 2. The molecule has 0 unspecified atom stereocenters. The molecule has 2 saturated heterocycles. The Labute approximate surface area is 523 Å². The maximum absolute atomic E-state index is 14.4. The van der Waals surface area contributed by atoms with Gasteiger partial charge in [-0.05, 0) is 94.2 Å². The average molecular weight is 1270 g/mol. The lowest BCUT2D eigenvalue weighted by molar-refractivity contribution is -0.162. The number of alkyl carbamates (subject to hydrolysis) is 1. The number of carboxylic acids is 1. The van der Waals surface area contributed by atoms with Crippen LogP contribution in [0.4, 0.5) is 25.8 Å². The van der Waals surface area contributed by atoms with Crippen molar-refractivity contribution in [2.24, 2.45) is 17.6 Å². The number of hydrogen-bond acceptors (Lipinski definition) is 17. The molecule has 4 bridgehead atoms. The summed E-state index contributed by atoms with van der Waals surface area (Å²) in [6.07, 6.45) is -0.142. The molecule has 2 aromatic carbocycles. The molecule has 0 radical (unpaired) electrons. The number of carbonyl (C=O) groups excluding carboxylic acids is 9. The maximum Gasteiger partial charge on any atom is 0.409 e. The number of likely N-dealkylation sites (N-methyl/N-ethyl adjacent to an activating group) is 1. The molecule has 9 amide bonds. The van der Waals surface area contributed by atoms with Gasteiger partial charge in [-0.25, -0.2) is 19.2 Å². The van der Waals surface area contributed by atoms with Crippen LogP contribution in [0, 0.1) is 11.8 Å². The van der Waals surface area contributed by atoms with Crippen molar-refractivity contribution in [3.63, 3.8) is 0 Å². The molecular weight excluding hydrogens is 1180 g/mol. The fourth-order valence-electron chi connectivity index (χ4n) is 10.3. The summed E-state index contributed by atoms with van der Waals surface area (Å²) in [5.41, 5.74) is 4.71. The highest BCUT2D eigenvalue weighted by atomic mass is 35.5. The number of fused-ring (bicyclic) bond motifs is 5. The van der Waals surface area contributed by atoms with Gasteiger partial charge in [-0.15, -0.1) is 0 Å². The molecule has 28 heteroatoms. The first kappa shape index (κ1) is 71.7. The number of unbranched alkanes of at least 4 members (excludes halogenated alkanes) is 1. The van der Waals surface area contributed by atoms with Gasteiger partial charge < -0.3 is 80.3 Å². The minimum atomic E-state index is -1.91. The van der Waals surface area contributed by atoms with Gasteiger partial charge in [0.05, 0.1) is 25.3 Å². The van der Waals surface area contributed by atoms with Crippen LogP contribution in [-0.4, -0.2) is 182 Å². The third-order valence-corrected chi connectivity index (χ3v) is 16.4. The molecule has 2 aromatic rings. The molecule has 2 fully saturated rings. The largest absolute Gasteiger partial charge is 0.495 e. The van der Waals surface area contributed by atoms with Crippen LogP contribution in [0.5, 0.6) is 5.75 Å². The van der Waals surface area contributed by atoms with Crippen molar-refractivity contribution >= 4 is 82.7 Å². The molecule has 5 rings (SSSR count). The van der Waals surface area contributed by atoms with Crippen LogP contribution >= 0.6 is 11.6 Å². The van der Waals surface area contributed by atoms with Crippen LogP contribution in [0.25, 0.3) is 0 Å². The maximum atomic E-state index is 14.4. The van der Waals surface area contributed by atoms with E-state index in [0.717, 1.165) is 16.0 Å². The quantitative estimate of drug-likeness (QED) is 0.0285. The highest BCUT2D eigenvalue weighted by Crippen LogP contribution is 2.49. The number of carbonyl (C=O) groups is 10. The SMILES string of the molecule is COc1cc2cc(c1Cl)N(C)C(=O)C[C@H](OC(=O)[C@H](C)N(C)C(=O)CCN(C)C(=O)OCc1ccc(NC(=O)[C@H](CCCNC(N)=O)NC(=O)[C@@H](NC(=O)CCCCC(=O)O)C(C)C)cc1)[C@]1(C)O[C@H]1[C@H](C)[C@@H]1C[C@@](O)(NC(=O)O1)[C@H](OC)/C=C/C=C(\C)C2. The molecule has 0 aliphatic carbocycles. The summed E-state index contributed by atoms with van der Waals surface area (Å²) in [5.74, 6) is -5.33. The monoisotopic (exact) mass is 1270 g/mol. The Morgan fingerprint density at radius 3 is 2.29 bits per heavy atom. The predicted molar refractivity (Wildman–Crippen MR) is 325 cm³/mol. The fraction of sp³-hybridized carbons (Fsp3) is 0.574. The van der Waals surface area contributed by atoms with Crippen molar-refractivity contribution in [3.05, 3.63) is 76.3 Å². The summed E-state index contributed by atoms with van der Waals surface area (Å²) in [5, 5.41) is 34.0. The van der Waals surface area contributed by atoms with Gasteiger partial charge in [-0.1, -0.05) is 68.3 Å². The molecule has 3 heterocycles. The van der Waals surface area contributed by atoms with Gasteiger partial charge in [0.15, 0.2) is 5.72 Å². The molecule has 0 spiro atoms. The van der Waals surface area contributed by atoms with E-state index in [-0.39, 0.29) is 75.6 Å². The van der Waals surface area contributed by atoms with Gasteiger partial charge in [0, 0.05) is 78.6 Å². The number of aliphatic carboxylic acids is 1. The van der Waals surface area contributed by atoms with Crippen molar-refractivity contribution in [3.8, 4) is 5.75 Å². The third kappa shape index (κ3) is 20.3. The number of nitrogens with two attached hydrogens (primary N) is 1. The van der Waals surface area contributed by atoms with E-state index in [1.54, 1.807) is 76.2 Å². The second-order valence-electron chi connectivity index (χ2n) is 23.2. The van der Waals surface area contributed by atoms with Crippen molar-refractivity contribution in [2.75, 3.05) is 58.7 Å². The van der Waals surface area contributed by atoms with Crippen molar-refractivity contribution in [2.45, 2.75) is 166 Å². The van der Waals surface area contributed by atoms with Gasteiger partial charge >= 0.3 is 30.2 Å². The highest BCUT2D eigenvalue weighted by Gasteiger charge is 2.64. The number of nitrogens with one attached hydrogen (secondary N) is 5. The van der Waals surface area contributed by atoms with Gasteiger partial charge in [-0.3, -0.25) is 34.1 Å². The van der Waals surface area contributed by atoms with E-state index >= 15 is 0 Å². The number of carboxylic acid groups (broad SMARTS) is 1. The van der Waals surface area contributed by atoms with Gasteiger partial charge in [0.2, 0.25) is 29.5 Å². The van der Waals surface area contributed by atoms with Crippen LogP contribution in [0.15, 0.2) is 60.2 Å². The molecule has 490 valence electrons. The average Bonchev–Trinajstić information content (AvgIpc) is 1.61. The summed E-state index contributed by atoms with van der Waals surface area (Å²) in [4.78, 5) is 134. The van der Waals surface area contributed by atoms with Crippen LogP contribution in [0.2, 0.25) is 5.02 Å². The van der Waals surface area contributed by atoms with Crippen molar-refractivity contribution in [1.29, 1.82) is 0 Å². The highest BCUT2D eigenvalue weighted by molar-refractivity contribution is 6.35. The van der Waals surface area contributed by atoms with Gasteiger partial charge in [-0.2, -0.15) is 0 Å². The number of esters is 1. The van der Waals surface area contributed by atoms with Gasteiger partial charge in [0.1, 0.15) is 59.4 Å². The molecule has 0 saturated carbocycles. The molecule has 27 nitrogen and oxygen atoms in total. The number of benzene rings is 2. The molecule has 9 N–H and O–H groups in total. The molecule has 0 aromatic heterocycles. The van der Waals surface area contributed by atoms with Crippen molar-refractivity contribution < 1.29 is 86.6 Å². The van der Waals surface area contributed by atoms with E-state index < -0.39 is 126 Å². The number of allylic oxidation sites excluding steroid dienone is 3. The first-order valence-corrected chi connectivity index (χ1v) is 29.8. The zero-order valence-electron chi connectivity index (χ0n) is 52.3. The minimum Gasteiger partial charge on any atom is -0.495 e. The summed E-state index contributed by atoms with van der Waals surface area (Å²) >= 11 is 6.83. The summed E-state index contributed by atoms with van der Waals surface area (Å²) < 4.78 is 34.9. The van der Waals surface area contributed by atoms with Crippen LogP contribution < -0.4 is 42.0 Å². The zero-order chi connectivity index (χ0) is 66.1. The number of rotatable bonds is 25. The number of amides is 9. The Hall–Kier alpha value is -8.01. The van der Waals surface area contributed by atoms with Crippen LogP contribution in [0.3, 0.4) is 0 Å².